The molecule has 116 valence electrons. The van der Waals surface area contributed by atoms with Crippen molar-refractivity contribution in [3.8, 4) is 0 Å². The van der Waals surface area contributed by atoms with Gasteiger partial charge >= 0.3 is 0 Å². The van der Waals surface area contributed by atoms with Gasteiger partial charge in [0.1, 0.15) is 0 Å². The van der Waals surface area contributed by atoms with Crippen LogP contribution >= 0.6 is 12.4 Å². The molecule has 1 atom stereocenters. The minimum atomic E-state index is 0. The molecule has 0 radical (unpaired) electrons. The maximum atomic E-state index is 12.6. The lowest BCUT2D eigenvalue weighted by molar-refractivity contribution is -0.132. The van der Waals surface area contributed by atoms with Crippen LogP contribution in [0.4, 0.5) is 0 Å². The fourth-order valence-corrected chi connectivity index (χ4v) is 3.56. The van der Waals surface area contributed by atoms with Crippen LogP contribution in [0.15, 0.2) is 24.3 Å². The molecule has 1 aromatic carbocycles. The largest absolute Gasteiger partial charge is 0.341 e. The summed E-state index contributed by atoms with van der Waals surface area (Å²) in [6, 6.07) is 8.32. The smallest absolute Gasteiger partial charge is 0.226 e. The van der Waals surface area contributed by atoms with Gasteiger partial charge < -0.3 is 10.2 Å². The summed E-state index contributed by atoms with van der Waals surface area (Å²) in [6.07, 6.45) is 3.44. The van der Waals surface area contributed by atoms with Crippen LogP contribution in [0.3, 0.4) is 0 Å². The van der Waals surface area contributed by atoms with Crippen molar-refractivity contribution in [2.24, 2.45) is 11.3 Å². The van der Waals surface area contributed by atoms with Crippen LogP contribution in [-0.2, 0) is 11.3 Å². The van der Waals surface area contributed by atoms with Crippen LogP contribution in [0.25, 0.3) is 0 Å². The van der Waals surface area contributed by atoms with Crippen molar-refractivity contribution < 1.29 is 4.79 Å². The molecule has 1 saturated carbocycles. The molecule has 2 aliphatic rings. The van der Waals surface area contributed by atoms with Crippen molar-refractivity contribution in [1.82, 2.24) is 10.2 Å². The molecular weight excluding hydrogens is 284 g/mol. The summed E-state index contributed by atoms with van der Waals surface area (Å²) < 4.78 is 0. The minimum absolute atomic E-state index is 0. The first-order valence-electron chi connectivity index (χ1n) is 7.63. The van der Waals surface area contributed by atoms with Crippen LogP contribution < -0.4 is 5.32 Å². The molecule has 1 aliphatic carbocycles. The second-order valence-electron chi connectivity index (χ2n) is 6.49. The topological polar surface area (TPSA) is 32.3 Å². The van der Waals surface area contributed by atoms with Crippen LogP contribution in [0.1, 0.15) is 30.4 Å². The highest BCUT2D eigenvalue weighted by Gasteiger charge is 2.58. The lowest BCUT2D eigenvalue weighted by Crippen LogP contribution is -2.34. The number of benzene rings is 1. The first kappa shape index (κ1) is 16.3. The Kier molecular flexibility index (Phi) is 4.95. The zero-order valence-electron chi connectivity index (χ0n) is 12.9. The highest BCUT2D eigenvalue weighted by atomic mass is 35.5. The Morgan fingerprint density at radius 1 is 1.33 bits per heavy atom. The molecule has 1 heterocycles. The van der Waals surface area contributed by atoms with E-state index in [0.29, 0.717) is 11.3 Å². The molecule has 3 nitrogen and oxygen atoms in total. The normalized spacial score (nSPS) is 22.5. The maximum absolute atomic E-state index is 12.6. The van der Waals surface area contributed by atoms with Crippen molar-refractivity contribution in [3.63, 3.8) is 0 Å². The molecule has 0 aromatic heterocycles. The first-order valence-corrected chi connectivity index (χ1v) is 7.63. The van der Waals surface area contributed by atoms with Crippen molar-refractivity contribution in [2.45, 2.75) is 32.7 Å². The number of halogens is 1. The van der Waals surface area contributed by atoms with Crippen molar-refractivity contribution in [3.05, 3.63) is 35.4 Å². The Balaban J connectivity index is 0.00000161. The number of piperidine rings is 1. The number of hydrogen-bond donors (Lipinski definition) is 1. The van der Waals surface area contributed by atoms with E-state index >= 15 is 0 Å². The van der Waals surface area contributed by atoms with E-state index in [1.807, 2.05) is 24.1 Å². The fourth-order valence-electron chi connectivity index (χ4n) is 3.56. The van der Waals surface area contributed by atoms with E-state index in [2.05, 4.69) is 24.4 Å². The van der Waals surface area contributed by atoms with E-state index < -0.39 is 0 Å². The van der Waals surface area contributed by atoms with Gasteiger partial charge in [0, 0.05) is 19.5 Å². The molecule has 4 heteroatoms. The van der Waals surface area contributed by atoms with Gasteiger partial charge in [0.25, 0.3) is 0 Å². The van der Waals surface area contributed by atoms with Gasteiger partial charge in [-0.2, -0.15) is 0 Å². The zero-order valence-corrected chi connectivity index (χ0v) is 13.7. The third kappa shape index (κ3) is 3.24. The number of carbonyl (C=O) groups is 1. The van der Waals surface area contributed by atoms with E-state index in [-0.39, 0.29) is 18.3 Å². The summed E-state index contributed by atoms with van der Waals surface area (Å²) >= 11 is 0. The Morgan fingerprint density at radius 2 is 2.00 bits per heavy atom. The van der Waals surface area contributed by atoms with E-state index in [1.165, 1.54) is 24.0 Å². The van der Waals surface area contributed by atoms with Gasteiger partial charge in [-0.15, -0.1) is 12.4 Å². The lowest BCUT2D eigenvalue weighted by atomic mass is 9.91. The van der Waals surface area contributed by atoms with Gasteiger partial charge in [-0.1, -0.05) is 24.3 Å². The fraction of sp³-hybridized carbons (Fsp3) is 0.588. The van der Waals surface area contributed by atoms with Crippen LogP contribution in [0, 0.1) is 18.3 Å². The lowest BCUT2D eigenvalue weighted by Gasteiger charge is -2.25. The van der Waals surface area contributed by atoms with Crippen molar-refractivity contribution in [1.29, 1.82) is 0 Å². The van der Waals surface area contributed by atoms with Crippen molar-refractivity contribution >= 4 is 18.3 Å². The monoisotopic (exact) mass is 308 g/mol. The third-order valence-electron chi connectivity index (χ3n) is 5.13. The number of rotatable bonds is 3. The van der Waals surface area contributed by atoms with Gasteiger partial charge in [0.15, 0.2) is 0 Å². The van der Waals surface area contributed by atoms with Gasteiger partial charge in [-0.3, -0.25) is 4.79 Å². The Morgan fingerprint density at radius 3 is 2.67 bits per heavy atom. The first-order chi connectivity index (χ1) is 9.62. The van der Waals surface area contributed by atoms with E-state index in [1.54, 1.807) is 0 Å². The van der Waals surface area contributed by atoms with Gasteiger partial charge in [0.05, 0.1) is 0 Å². The summed E-state index contributed by atoms with van der Waals surface area (Å²) in [5.74, 6) is 0.619. The minimum Gasteiger partial charge on any atom is -0.341 e. The Labute approximate surface area is 133 Å². The SMILES string of the molecule is Cc1ccccc1CN(C)C(=O)C1CC12CCNCC2.Cl. The second-order valence-corrected chi connectivity index (χ2v) is 6.49. The molecule has 1 N–H and O–H groups in total. The molecule has 1 unspecified atom stereocenters. The highest BCUT2D eigenvalue weighted by molar-refractivity contribution is 5.85. The predicted octanol–water partition coefficient (Wildman–Crippen LogP) is 2.76. The summed E-state index contributed by atoms with van der Waals surface area (Å²) in [4.78, 5) is 14.5. The summed E-state index contributed by atoms with van der Waals surface area (Å²) in [7, 11) is 1.95. The van der Waals surface area contributed by atoms with Crippen LogP contribution in [0.5, 0.6) is 0 Å². The second kappa shape index (κ2) is 6.37. The summed E-state index contributed by atoms with van der Waals surface area (Å²) in [5.41, 5.74) is 2.85. The molecule has 21 heavy (non-hydrogen) atoms. The number of nitrogens with one attached hydrogen (secondary N) is 1. The number of hydrogen-bond acceptors (Lipinski definition) is 2. The molecule has 1 aliphatic heterocycles. The maximum Gasteiger partial charge on any atom is 0.226 e. The van der Waals surface area contributed by atoms with E-state index in [9.17, 15) is 4.79 Å². The van der Waals surface area contributed by atoms with Gasteiger partial charge in [0.2, 0.25) is 5.91 Å². The standard InChI is InChI=1S/C17H24N2O.ClH/c1-13-5-3-4-6-14(13)12-19(2)16(20)15-11-17(15)7-9-18-10-8-17;/h3-6,15,18H,7-12H2,1-2H3;1H. The average molecular weight is 309 g/mol. The molecule has 1 spiro atoms. The molecule has 3 rings (SSSR count). The number of aryl methyl sites for hydroxylation is 1. The molecular formula is C17H25ClN2O. The average Bonchev–Trinajstić information content (AvgIpc) is 3.14. The Bertz CT molecular complexity index is 511. The third-order valence-corrected chi connectivity index (χ3v) is 5.13. The molecule has 1 aromatic rings. The summed E-state index contributed by atoms with van der Waals surface area (Å²) in [5, 5.41) is 3.39. The van der Waals surface area contributed by atoms with Gasteiger partial charge in [-0.05, 0) is 55.8 Å². The molecule has 1 saturated heterocycles. The Hall–Kier alpha value is -1.06. The van der Waals surface area contributed by atoms with Crippen molar-refractivity contribution in [2.75, 3.05) is 20.1 Å². The number of amides is 1. The van der Waals surface area contributed by atoms with Crippen LogP contribution in [-0.4, -0.2) is 30.9 Å². The van der Waals surface area contributed by atoms with Crippen LogP contribution in [0.2, 0.25) is 0 Å². The number of carbonyl (C=O) groups excluding carboxylic acids is 1. The van der Waals surface area contributed by atoms with Gasteiger partial charge in [-0.25, -0.2) is 0 Å². The predicted molar refractivity (Wildman–Crippen MR) is 87.5 cm³/mol. The molecule has 2 fully saturated rings. The molecule has 1 amide bonds. The molecule has 0 bridgehead atoms. The quantitative estimate of drug-likeness (QED) is 0.931. The zero-order chi connectivity index (χ0) is 14.2. The van der Waals surface area contributed by atoms with E-state index in [4.69, 9.17) is 0 Å². The highest BCUT2D eigenvalue weighted by Crippen LogP contribution is 2.59. The number of nitrogens with zero attached hydrogens (tertiary/aromatic N) is 1. The summed E-state index contributed by atoms with van der Waals surface area (Å²) in [6.45, 7) is 4.99. The van der Waals surface area contributed by atoms with E-state index in [0.717, 1.165) is 26.1 Å².